The molecule has 1 aromatic rings. The van der Waals surface area contributed by atoms with E-state index in [1.165, 1.54) is 19.3 Å². The number of ether oxygens (including phenoxy) is 1. The Kier molecular flexibility index (Phi) is 5.47. The number of hydrogen-bond donors (Lipinski definition) is 1. The molecule has 4 saturated carbocycles. The van der Waals surface area contributed by atoms with Gasteiger partial charge in [-0.2, -0.15) is 0 Å². The minimum Gasteiger partial charge on any atom is -0.494 e. The molecule has 2 amide bonds. The molecule has 2 atom stereocenters. The lowest BCUT2D eigenvalue weighted by atomic mass is 9.49. The van der Waals surface area contributed by atoms with Crippen LogP contribution in [-0.2, 0) is 9.59 Å². The van der Waals surface area contributed by atoms with E-state index in [9.17, 15) is 9.59 Å². The Hall–Kier alpha value is -2.04. The summed E-state index contributed by atoms with van der Waals surface area (Å²) < 4.78 is 5.51. The van der Waals surface area contributed by atoms with Crippen LogP contribution >= 0.6 is 0 Å². The maximum absolute atomic E-state index is 13.8. The van der Waals surface area contributed by atoms with Crippen molar-refractivity contribution in [2.75, 3.05) is 13.2 Å². The lowest BCUT2D eigenvalue weighted by Crippen LogP contribution is -2.57. The second-order valence-electron chi connectivity index (χ2n) is 10.6. The molecule has 168 valence electrons. The molecule has 1 heterocycles. The predicted octanol–water partition coefficient (Wildman–Crippen LogP) is 4.47. The van der Waals surface area contributed by atoms with E-state index in [1.807, 2.05) is 43.0 Å². The number of nitrogens with one attached hydrogen (secondary N) is 1. The van der Waals surface area contributed by atoms with Crippen LogP contribution in [0.25, 0.3) is 0 Å². The number of likely N-dealkylation sites (tertiary alicyclic amines) is 1. The van der Waals surface area contributed by atoms with Gasteiger partial charge in [0.15, 0.2) is 0 Å². The second kappa shape index (κ2) is 8.14. The average molecular weight is 425 g/mol. The molecule has 1 aliphatic heterocycles. The first-order valence-electron chi connectivity index (χ1n) is 12.3. The van der Waals surface area contributed by atoms with Gasteiger partial charge in [-0.3, -0.25) is 9.59 Å². The SMILES string of the molecule is CCOc1ccc(C(C)NC(=O)C2CCCN2C(=O)C23CC4CC(CC(C4)C2)C3)cc1. The highest BCUT2D eigenvalue weighted by Crippen LogP contribution is 2.60. The third-order valence-electron chi connectivity index (χ3n) is 8.36. The highest BCUT2D eigenvalue weighted by atomic mass is 16.5. The molecule has 1 N–H and O–H groups in total. The molecule has 1 saturated heterocycles. The minimum absolute atomic E-state index is 0.00281. The van der Waals surface area contributed by atoms with Crippen molar-refractivity contribution in [1.29, 1.82) is 0 Å². The van der Waals surface area contributed by atoms with Gasteiger partial charge in [0.25, 0.3) is 0 Å². The van der Waals surface area contributed by atoms with Crippen LogP contribution in [0.5, 0.6) is 5.75 Å². The molecular weight excluding hydrogens is 388 g/mol. The topological polar surface area (TPSA) is 58.6 Å². The normalized spacial score (nSPS) is 34.6. The van der Waals surface area contributed by atoms with Gasteiger partial charge in [-0.05, 0) is 101 Å². The molecule has 0 aromatic heterocycles. The quantitative estimate of drug-likeness (QED) is 0.733. The van der Waals surface area contributed by atoms with Gasteiger partial charge < -0.3 is 15.0 Å². The van der Waals surface area contributed by atoms with Crippen molar-refractivity contribution in [3.8, 4) is 5.75 Å². The van der Waals surface area contributed by atoms with Crippen molar-refractivity contribution in [3.63, 3.8) is 0 Å². The molecule has 4 aliphatic carbocycles. The van der Waals surface area contributed by atoms with E-state index in [0.717, 1.165) is 67.7 Å². The first kappa shape index (κ1) is 20.8. The van der Waals surface area contributed by atoms with E-state index < -0.39 is 0 Å². The number of carbonyl (C=O) groups is 2. The second-order valence-corrected chi connectivity index (χ2v) is 10.6. The zero-order chi connectivity index (χ0) is 21.6. The van der Waals surface area contributed by atoms with Gasteiger partial charge >= 0.3 is 0 Å². The van der Waals surface area contributed by atoms with Crippen LogP contribution in [0, 0.1) is 23.2 Å². The third-order valence-corrected chi connectivity index (χ3v) is 8.36. The summed E-state index contributed by atoms with van der Waals surface area (Å²) in [4.78, 5) is 29.0. The molecule has 31 heavy (non-hydrogen) atoms. The summed E-state index contributed by atoms with van der Waals surface area (Å²) >= 11 is 0. The first-order chi connectivity index (χ1) is 15.0. The van der Waals surface area contributed by atoms with Crippen molar-refractivity contribution in [2.45, 2.75) is 77.3 Å². The maximum atomic E-state index is 13.8. The zero-order valence-electron chi connectivity index (χ0n) is 18.9. The Morgan fingerprint density at radius 3 is 2.29 bits per heavy atom. The molecule has 0 radical (unpaired) electrons. The van der Waals surface area contributed by atoms with Crippen molar-refractivity contribution < 1.29 is 14.3 Å². The van der Waals surface area contributed by atoms with E-state index in [-0.39, 0.29) is 29.3 Å². The lowest BCUT2D eigenvalue weighted by molar-refractivity contribution is -0.160. The van der Waals surface area contributed by atoms with Crippen LogP contribution in [-0.4, -0.2) is 35.9 Å². The van der Waals surface area contributed by atoms with Gasteiger partial charge in [-0.15, -0.1) is 0 Å². The fourth-order valence-corrected chi connectivity index (χ4v) is 7.37. The summed E-state index contributed by atoms with van der Waals surface area (Å²) in [5, 5.41) is 3.17. The van der Waals surface area contributed by atoms with Crippen molar-refractivity contribution in [1.82, 2.24) is 10.2 Å². The average Bonchev–Trinajstić information content (AvgIpc) is 3.23. The van der Waals surface area contributed by atoms with Crippen molar-refractivity contribution >= 4 is 11.8 Å². The van der Waals surface area contributed by atoms with E-state index in [2.05, 4.69) is 5.32 Å². The molecule has 5 fully saturated rings. The van der Waals surface area contributed by atoms with E-state index in [0.29, 0.717) is 6.61 Å². The molecule has 5 nitrogen and oxygen atoms in total. The van der Waals surface area contributed by atoms with Crippen LogP contribution in [0.4, 0.5) is 0 Å². The number of carbonyl (C=O) groups excluding carboxylic acids is 2. The zero-order valence-corrected chi connectivity index (χ0v) is 18.9. The highest BCUT2D eigenvalue weighted by Gasteiger charge is 2.56. The van der Waals surface area contributed by atoms with Crippen molar-refractivity contribution in [2.24, 2.45) is 23.2 Å². The number of hydrogen-bond acceptors (Lipinski definition) is 3. The molecular formula is C26H36N2O3. The Bertz CT molecular complexity index is 798. The van der Waals surface area contributed by atoms with Gasteiger partial charge in [0, 0.05) is 6.54 Å². The standard InChI is InChI=1S/C26H36N2O3/c1-3-31-22-8-6-21(7-9-22)17(2)27-24(29)23-5-4-10-28(23)25(30)26-14-18-11-19(15-26)13-20(12-18)16-26/h6-9,17-20,23H,3-5,10-16H2,1-2H3,(H,27,29). The minimum atomic E-state index is -0.314. The fraction of sp³-hybridized carbons (Fsp3) is 0.692. The van der Waals surface area contributed by atoms with Crippen LogP contribution in [0.15, 0.2) is 24.3 Å². The maximum Gasteiger partial charge on any atom is 0.243 e. The third kappa shape index (κ3) is 3.85. The van der Waals surface area contributed by atoms with Crippen molar-refractivity contribution in [3.05, 3.63) is 29.8 Å². The van der Waals surface area contributed by atoms with Crippen LogP contribution in [0.2, 0.25) is 0 Å². The van der Waals surface area contributed by atoms with Gasteiger partial charge in [0.2, 0.25) is 11.8 Å². The Balaban J connectivity index is 1.25. The monoisotopic (exact) mass is 424 g/mol. The Morgan fingerprint density at radius 2 is 1.71 bits per heavy atom. The largest absolute Gasteiger partial charge is 0.494 e. The van der Waals surface area contributed by atoms with Gasteiger partial charge in [-0.1, -0.05) is 12.1 Å². The molecule has 4 bridgehead atoms. The van der Waals surface area contributed by atoms with Gasteiger partial charge in [0.1, 0.15) is 11.8 Å². The van der Waals surface area contributed by atoms with Crippen LogP contribution in [0.3, 0.4) is 0 Å². The first-order valence-corrected chi connectivity index (χ1v) is 12.3. The summed E-state index contributed by atoms with van der Waals surface area (Å²) in [6.07, 6.45) is 8.87. The molecule has 1 aromatic carbocycles. The predicted molar refractivity (Wildman–Crippen MR) is 120 cm³/mol. The number of benzene rings is 1. The van der Waals surface area contributed by atoms with E-state index in [4.69, 9.17) is 4.74 Å². The number of rotatable bonds is 6. The summed E-state index contributed by atoms with van der Waals surface area (Å²) in [6.45, 7) is 5.35. The summed E-state index contributed by atoms with van der Waals surface area (Å²) in [6, 6.07) is 7.48. The number of nitrogens with zero attached hydrogens (tertiary/aromatic N) is 1. The smallest absolute Gasteiger partial charge is 0.243 e. The summed E-state index contributed by atoms with van der Waals surface area (Å²) in [7, 11) is 0. The Morgan fingerprint density at radius 1 is 1.10 bits per heavy atom. The highest BCUT2D eigenvalue weighted by molar-refractivity contribution is 5.91. The molecule has 5 heteroatoms. The van der Waals surface area contributed by atoms with Crippen LogP contribution < -0.4 is 10.1 Å². The van der Waals surface area contributed by atoms with Gasteiger partial charge in [-0.25, -0.2) is 0 Å². The molecule has 2 unspecified atom stereocenters. The molecule has 5 aliphatic rings. The molecule has 0 spiro atoms. The number of amides is 2. The lowest BCUT2D eigenvalue weighted by Gasteiger charge is -2.56. The summed E-state index contributed by atoms with van der Waals surface area (Å²) in [5.41, 5.74) is 0.881. The summed E-state index contributed by atoms with van der Waals surface area (Å²) in [5.74, 6) is 3.35. The van der Waals surface area contributed by atoms with E-state index >= 15 is 0 Å². The van der Waals surface area contributed by atoms with Crippen LogP contribution in [0.1, 0.15) is 76.8 Å². The molecule has 6 rings (SSSR count). The van der Waals surface area contributed by atoms with Gasteiger partial charge in [0.05, 0.1) is 18.1 Å². The Labute approximate surface area is 185 Å². The fourth-order valence-electron chi connectivity index (χ4n) is 7.37. The van der Waals surface area contributed by atoms with E-state index in [1.54, 1.807) is 0 Å².